The fourth-order valence-corrected chi connectivity index (χ4v) is 5.17. The minimum absolute atomic E-state index is 0.610. The first-order valence-electron chi connectivity index (χ1n) is 8.93. The molecule has 0 radical (unpaired) electrons. The van der Waals surface area contributed by atoms with Crippen LogP contribution in [0.1, 0.15) is 56.4 Å². The van der Waals surface area contributed by atoms with Gasteiger partial charge in [-0.3, -0.25) is 0 Å². The molecule has 24 heavy (non-hydrogen) atoms. The van der Waals surface area contributed by atoms with Crippen LogP contribution in [-0.2, 0) is 4.74 Å². The molecule has 1 aromatic heterocycles. The van der Waals surface area contributed by atoms with E-state index in [1.54, 1.807) is 7.11 Å². The van der Waals surface area contributed by atoms with E-state index in [9.17, 15) is 0 Å². The molecule has 1 saturated carbocycles. The average molecular weight is 412 g/mol. The van der Waals surface area contributed by atoms with Crippen LogP contribution in [0.4, 0.5) is 0 Å². The Hall–Kier alpha value is -0.650. The van der Waals surface area contributed by atoms with Crippen LogP contribution >= 0.6 is 27.3 Å². The molecule has 0 bridgehead atoms. The lowest BCUT2D eigenvalue weighted by Gasteiger charge is -2.27. The Labute approximate surface area is 156 Å². The summed E-state index contributed by atoms with van der Waals surface area (Å²) < 4.78 is 13.4. The molecule has 132 valence electrons. The molecule has 5 heteroatoms. The lowest BCUT2D eigenvalue weighted by atomic mass is 9.83. The molecule has 3 rings (SSSR count). The summed E-state index contributed by atoms with van der Waals surface area (Å²) in [7, 11) is 1.70. The second kappa shape index (κ2) is 8.63. The van der Waals surface area contributed by atoms with Gasteiger partial charge in [-0.1, -0.05) is 13.3 Å². The summed E-state index contributed by atoms with van der Waals surface area (Å²) >= 11 is 5.40. The molecule has 1 fully saturated rings. The van der Waals surface area contributed by atoms with Crippen molar-refractivity contribution in [1.82, 2.24) is 4.98 Å². The maximum atomic E-state index is 5.81. The summed E-state index contributed by atoms with van der Waals surface area (Å²) in [5.74, 6) is 2.20. The number of nitrogens with zero attached hydrogens (tertiary/aromatic N) is 1. The van der Waals surface area contributed by atoms with Crippen LogP contribution in [0, 0.1) is 5.92 Å². The SMILES string of the molecule is CCCCOCC1CCC(c2nc3cc(OC)c(Br)cc3s2)CC1. The van der Waals surface area contributed by atoms with Gasteiger partial charge in [0.05, 0.1) is 26.8 Å². The summed E-state index contributed by atoms with van der Waals surface area (Å²) in [5, 5.41) is 1.29. The van der Waals surface area contributed by atoms with Crippen LogP contribution in [0.5, 0.6) is 5.75 Å². The van der Waals surface area contributed by atoms with Crippen LogP contribution in [0.3, 0.4) is 0 Å². The predicted molar refractivity (Wildman–Crippen MR) is 104 cm³/mol. The van der Waals surface area contributed by atoms with Gasteiger partial charge in [-0.2, -0.15) is 0 Å². The largest absolute Gasteiger partial charge is 0.495 e. The minimum atomic E-state index is 0.610. The van der Waals surface area contributed by atoms with E-state index in [1.807, 2.05) is 17.4 Å². The lowest BCUT2D eigenvalue weighted by molar-refractivity contribution is 0.0808. The quantitative estimate of drug-likeness (QED) is 0.511. The molecule has 1 aliphatic carbocycles. The van der Waals surface area contributed by atoms with Crippen molar-refractivity contribution in [1.29, 1.82) is 0 Å². The highest BCUT2D eigenvalue weighted by Crippen LogP contribution is 2.40. The van der Waals surface area contributed by atoms with Crippen LogP contribution in [-0.4, -0.2) is 25.3 Å². The number of hydrogen-bond acceptors (Lipinski definition) is 4. The van der Waals surface area contributed by atoms with E-state index >= 15 is 0 Å². The highest BCUT2D eigenvalue weighted by molar-refractivity contribution is 9.10. The fraction of sp³-hybridized carbons (Fsp3) is 0.632. The summed E-state index contributed by atoms with van der Waals surface area (Å²) in [6.07, 6.45) is 7.39. The van der Waals surface area contributed by atoms with Gasteiger partial charge < -0.3 is 9.47 Å². The normalized spacial score (nSPS) is 21.3. The Balaban J connectivity index is 1.59. The molecule has 2 aromatic rings. The molecule has 1 heterocycles. The molecule has 1 aliphatic rings. The first-order valence-corrected chi connectivity index (χ1v) is 10.5. The number of aromatic nitrogens is 1. The van der Waals surface area contributed by atoms with Crippen LogP contribution in [0.2, 0.25) is 0 Å². The highest BCUT2D eigenvalue weighted by Gasteiger charge is 2.25. The summed E-state index contributed by atoms with van der Waals surface area (Å²) in [6.45, 7) is 4.07. The van der Waals surface area contributed by atoms with E-state index in [2.05, 4.69) is 28.9 Å². The van der Waals surface area contributed by atoms with E-state index in [0.717, 1.165) is 34.9 Å². The van der Waals surface area contributed by atoms with Gasteiger partial charge in [-0.25, -0.2) is 4.98 Å². The number of unbranched alkanes of at least 4 members (excludes halogenated alkanes) is 1. The maximum absolute atomic E-state index is 5.81. The van der Waals surface area contributed by atoms with E-state index < -0.39 is 0 Å². The number of rotatable bonds is 7. The Morgan fingerprint density at radius 2 is 2.04 bits per heavy atom. The number of fused-ring (bicyclic) bond motifs is 1. The van der Waals surface area contributed by atoms with Gasteiger partial charge in [0.25, 0.3) is 0 Å². The Morgan fingerprint density at radius 3 is 2.75 bits per heavy atom. The summed E-state index contributed by atoms with van der Waals surface area (Å²) in [5.41, 5.74) is 1.06. The number of ether oxygens (including phenoxy) is 2. The summed E-state index contributed by atoms with van der Waals surface area (Å²) in [6, 6.07) is 4.16. The zero-order valence-corrected chi connectivity index (χ0v) is 16.9. The Bertz CT molecular complexity index is 665. The number of benzene rings is 1. The van der Waals surface area contributed by atoms with E-state index in [0.29, 0.717) is 5.92 Å². The van der Waals surface area contributed by atoms with Gasteiger partial charge in [-0.05, 0) is 60.0 Å². The molecular weight excluding hydrogens is 386 g/mol. The summed E-state index contributed by atoms with van der Waals surface area (Å²) in [4.78, 5) is 4.88. The van der Waals surface area contributed by atoms with Crippen molar-refractivity contribution in [3.8, 4) is 5.75 Å². The molecule has 0 aliphatic heterocycles. The Kier molecular flexibility index (Phi) is 6.53. The van der Waals surface area contributed by atoms with Crippen molar-refractivity contribution in [2.24, 2.45) is 5.92 Å². The number of thiazole rings is 1. The van der Waals surface area contributed by atoms with Gasteiger partial charge in [-0.15, -0.1) is 11.3 Å². The standard InChI is InChI=1S/C19H26BrNO2S/c1-3-4-9-23-12-13-5-7-14(8-6-13)19-21-16-11-17(22-2)15(20)10-18(16)24-19/h10-11,13-14H,3-9,12H2,1-2H3. The molecule has 0 saturated heterocycles. The molecule has 3 nitrogen and oxygen atoms in total. The second-order valence-electron chi connectivity index (χ2n) is 6.65. The third-order valence-corrected chi connectivity index (χ3v) is 6.67. The van der Waals surface area contributed by atoms with Crippen molar-refractivity contribution in [3.05, 3.63) is 21.6 Å². The minimum Gasteiger partial charge on any atom is -0.495 e. The highest BCUT2D eigenvalue weighted by atomic mass is 79.9. The monoisotopic (exact) mass is 411 g/mol. The van der Waals surface area contributed by atoms with Gasteiger partial charge in [0.2, 0.25) is 0 Å². The van der Waals surface area contributed by atoms with Gasteiger partial charge in [0, 0.05) is 25.2 Å². The van der Waals surface area contributed by atoms with Gasteiger partial charge >= 0.3 is 0 Å². The fourth-order valence-electron chi connectivity index (χ4n) is 3.35. The lowest BCUT2D eigenvalue weighted by Crippen LogP contribution is -2.18. The van der Waals surface area contributed by atoms with Crippen molar-refractivity contribution in [2.45, 2.75) is 51.4 Å². The smallest absolute Gasteiger partial charge is 0.135 e. The second-order valence-corrected chi connectivity index (χ2v) is 8.57. The van der Waals surface area contributed by atoms with Crippen molar-refractivity contribution < 1.29 is 9.47 Å². The van der Waals surface area contributed by atoms with Gasteiger partial charge in [0.1, 0.15) is 5.75 Å². The molecule has 0 spiro atoms. The zero-order chi connectivity index (χ0) is 16.9. The van der Waals surface area contributed by atoms with Crippen molar-refractivity contribution >= 4 is 37.5 Å². The molecule has 0 N–H and O–H groups in total. The molecule has 0 amide bonds. The zero-order valence-electron chi connectivity index (χ0n) is 14.5. The third-order valence-electron chi connectivity index (χ3n) is 4.87. The predicted octanol–water partition coefficient (Wildman–Crippen LogP) is 6.16. The number of methoxy groups -OCH3 is 1. The van der Waals surface area contributed by atoms with E-state index in [-0.39, 0.29) is 0 Å². The molecular formula is C19H26BrNO2S. The number of halogens is 1. The Morgan fingerprint density at radius 1 is 1.25 bits per heavy atom. The van der Waals surface area contributed by atoms with Gasteiger partial charge in [0.15, 0.2) is 0 Å². The van der Waals surface area contributed by atoms with Crippen LogP contribution in [0.15, 0.2) is 16.6 Å². The average Bonchev–Trinajstić information content (AvgIpc) is 3.01. The molecule has 1 aromatic carbocycles. The van der Waals surface area contributed by atoms with Crippen LogP contribution < -0.4 is 4.74 Å². The first kappa shape index (κ1) is 18.2. The van der Waals surface area contributed by atoms with Crippen molar-refractivity contribution in [2.75, 3.05) is 20.3 Å². The maximum Gasteiger partial charge on any atom is 0.135 e. The van der Waals surface area contributed by atoms with Crippen molar-refractivity contribution in [3.63, 3.8) is 0 Å². The first-order chi connectivity index (χ1) is 11.7. The molecule has 0 atom stereocenters. The topological polar surface area (TPSA) is 31.4 Å². The van der Waals surface area contributed by atoms with Crippen LogP contribution in [0.25, 0.3) is 10.2 Å². The van der Waals surface area contributed by atoms with E-state index in [1.165, 1.54) is 48.2 Å². The molecule has 0 unspecified atom stereocenters. The number of hydrogen-bond donors (Lipinski definition) is 0. The third kappa shape index (κ3) is 4.30. The van der Waals surface area contributed by atoms with E-state index in [4.69, 9.17) is 14.5 Å².